The van der Waals surface area contributed by atoms with Gasteiger partial charge in [-0.3, -0.25) is 9.59 Å². The Bertz CT molecular complexity index is 1380. The summed E-state index contributed by atoms with van der Waals surface area (Å²) in [4.78, 5) is 29.7. The molecule has 1 fully saturated rings. The number of amides is 2. The Balaban J connectivity index is 1.48. The molecule has 2 N–H and O–H groups in total. The van der Waals surface area contributed by atoms with Gasteiger partial charge in [-0.2, -0.15) is 0 Å². The van der Waals surface area contributed by atoms with Gasteiger partial charge in [0, 0.05) is 5.69 Å². The van der Waals surface area contributed by atoms with Gasteiger partial charge in [0.2, 0.25) is 0 Å². The molecule has 1 aliphatic heterocycles. The summed E-state index contributed by atoms with van der Waals surface area (Å²) < 4.78 is 25.4. The molecule has 0 spiro atoms. The topological polar surface area (TPSA) is 89.0 Å². The zero-order chi connectivity index (χ0) is 26.4. The lowest BCUT2D eigenvalue weighted by Crippen LogP contribution is -2.20. The molecular weight excluding hydrogens is 608 g/mol. The number of anilines is 1. The van der Waals surface area contributed by atoms with Crippen LogP contribution in [0.3, 0.4) is 0 Å². The lowest BCUT2D eigenvalue weighted by Gasteiger charge is -2.15. The second kappa shape index (κ2) is 12.2. The van der Waals surface area contributed by atoms with Crippen LogP contribution >= 0.6 is 34.4 Å². The normalized spacial score (nSPS) is 15.1. The van der Waals surface area contributed by atoms with E-state index >= 15 is 0 Å². The molecule has 3 aromatic carbocycles. The minimum atomic E-state index is -0.355. The van der Waals surface area contributed by atoms with Gasteiger partial charge in [0.05, 0.1) is 20.8 Å². The number of rotatable bonds is 8. The van der Waals surface area contributed by atoms with E-state index in [2.05, 4.69) is 38.2 Å². The molecule has 1 aliphatic rings. The zero-order valence-electron chi connectivity index (χ0n) is 20.0. The van der Waals surface area contributed by atoms with Crippen LogP contribution in [0, 0.1) is 16.3 Å². The fourth-order valence-corrected chi connectivity index (χ4v) is 4.93. The van der Waals surface area contributed by atoms with Crippen molar-refractivity contribution in [3.8, 4) is 11.5 Å². The number of benzene rings is 3. The third kappa shape index (κ3) is 7.32. The van der Waals surface area contributed by atoms with Crippen molar-refractivity contribution in [2.24, 2.45) is 4.99 Å². The van der Waals surface area contributed by atoms with Gasteiger partial charge in [-0.05, 0) is 108 Å². The fourth-order valence-electron chi connectivity index (χ4n) is 3.31. The van der Waals surface area contributed by atoms with Gasteiger partial charge < -0.3 is 20.1 Å². The van der Waals surface area contributed by atoms with Crippen LogP contribution in [0.2, 0.25) is 0 Å². The van der Waals surface area contributed by atoms with Crippen LogP contribution in [-0.4, -0.2) is 30.2 Å². The molecule has 0 atom stereocenters. The zero-order valence-corrected chi connectivity index (χ0v) is 23.0. The number of carbonyl (C=O) groups excluding carboxylic acids is 2. The first kappa shape index (κ1) is 26.7. The second-order valence-corrected chi connectivity index (χ2v) is 10.1. The van der Waals surface area contributed by atoms with E-state index in [-0.39, 0.29) is 24.2 Å². The van der Waals surface area contributed by atoms with E-state index in [1.807, 2.05) is 44.2 Å². The Kier molecular flexibility index (Phi) is 8.82. The third-order valence-corrected chi connectivity index (χ3v) is 6.73. The Morgan fingerprint density at radius 1 is 1.14 bits per heavy atom. The Hall–Kier alpha value is -3.38. The van der Waals surface area contributed by atoms with Crippen LogP contribution < -0.4 is 20.1 Å². The fraction of sp³-hybridized carbons (Fsp3) is 0.148. The van der Waals surface area contributed by atoms with E-state index in [1.54, 1.807) is 12.1 Å². The van der Waals surface area contributed by atoms with Crippen molar-refractivity contribution in [3.63, 3.8) is 0 Å². The SMILES string of the molecule is CCOc1cc(/C=C2/SC(=Nc3ccc(F)cc3)NC2=O)cc(I)c1OCC(=O)Nc1ccc(C)cc1. The largest absolute Gasteiger partial charge is 0.490 e. The summed E-state index contributed by atoms with van der Waals surface area (Å²) in [6.45, 7) is 4.03. The highest BCUT2D eigenvalue weighted by Crippen LogP contribution is 2.36. The molecule has 37 heavy (non-hydrogen) atoms. The Morgan fingerprint density at radius 3 is 2.57 bits per heavy atom. The Labute approximate surface area is 231 Å². The van der Waals surface area contributed by atoms with E-state index in [0.29, 0.717) is 39.6 Å². The number of carbonyl (C=O) groups is 2. The van der Waals surface area contributed by atoms with Crippen LogP contribution in [0.25, 0.3) is 6.08 Å². The molecule has 1 heterocycles. The molecule has 0 unspecified atom stereocenters. The number of aryl methyl sites for hydroxylation is 1. The molecule has 0 bridgehead atoms. The predicted octanol–water partition coefficient (Wildman–Crippen LogP) is 6.05. The molecular formula is C27H23FIN3O4S. The third-order valence-electron chi connectivity index (χ3n) is 5.02. The standard InChI is InChI=1S/C27H23FIN3O4S/c1-3-35-22-13-17(14-23-26(34)32-27(37-23)31-20-10-6-18(28)7-11-20)12-21(29)25(22)36-15-24(33)30-19-8-4-16(2)5-9-19/h4-14H,3,15H2,1-2H3,(H,30,33)(H,31,32,34)/b23-14+. The lowest BCUT2D eigenvalue weighted by atomic mass is 10.2. The molecule has 3 aromatic rings. The monoisotopic (exact) mass is 631 g/mol. The highest BCUT2D eigenvalue weighted by molar-refractivity contribution is 14.1. The number of nitrogens with one attached hydrogen (secondary N) is 2. The van der Waals surface area contributed by atoms with Gasteiger partial charge in [0.25, 0.3) is 11.8 Å². The van der Waals surface area contributed by atoms with Gasteiger partial charge in [0.1, 0.15) is 5.82 Å². The van der Waals surface area contributed by atoms with E-state index in [1.165, 1.54) is 36.0 Å². The molecule has 7 nitrogen and oxygen atoms in total. The van der Waals surface area contributed by atoms with Crippen molar-refractivity contribution >= 4 is 68.8 Å². The quantitative estimate of drug-likeness (QED) is 0.234. The number of hydrogen-bond acceptors (Lipinski definition) is 6. The molecule has 10 heteroatoms. The summed E-state index contributed by atoms with van der Waals surface area (Å²) in [7, 11) is 0. The predicted molar refractivity (Wildman–Crippen MR) is 153 cm³/mol. The summed E-state index contributed by atoms with van der Waals surface area (Å²) >= 11 is 3.30. The summed E-state index contributed by atoms with van der Waals surface area (Å²) in [6.07, 6.45) is 1.73. The average Bonchev–Trinajstić information content (AvgIpc) is 3.20. The molecule has 0 saturated carbocycles. The van der Waals surface area contributed by atoms with Crippen molar-refractivity contribution < 1.29 is 23.5 Å². The average molecular weight is 631 g/mol. The lowest BCUT2D eigenvalue weighted by molar-refractivity contribution is -0.118. The molecule has 190 valence electrons. The number of thioether (sulfide) groups is 1. The van der Waals surface area contributed by atoms with Crippen molar-refractivity contribution in [2.45, 2.75) is 13.8 Å². The van der Waals surface area contributed by atoms with Gasteiger partial charge in [-0.25, -0.2) is 9.38 Å². The van der Waals surface area contributed by atoms with E-state index in [0.717, 1.165) is 14.7 Å². The first-order valence-corrected chi connectivity index (χ1v) is 13.2. The van der Waals surface area contributed by atoms with Crippen LogP contribution in [0.5, 0.6) is 11.5 Å². The summed E-state index contributed by atoms with van der Waals surface area (Å²) in [6, 6.07) is 16.8. The molecule has 2 amide bonds. The van der Waals surface area contributed by atoms with E-state index in [4.69, 9.17) is 9.47 Å². The minimum Gasteiger partial charge on any atom is -0.490 e. The molecule has 0 aliphatic carbocycles. The highest BCUT2D eigenvalue weighted by Gasteiger charge is 2.24. The van der Waals surface area contributed by atoms with Crippen molar-refractivity contribution in [2.75, 3.05) is 18.5 Å². The van der Waals surface area contributed by atoms with Crippen LogP contribution in [0.1, 0.15) is 18.1 Å². The van der Waals surface area contributed by atoms with Gasteiger partial charge >= 0.3 is 0 Å². The second-order valence-electron chi connectivity index (χ2n) is 7.92. The Morgan fingerprint density at radius 2 is 1.86 bits per heavy atom. The molecule has 0 radical (unpaired) electrons. The smallest absolute Gasteiger partial charge is 0.264 e. The van der Waals surface area contributed by atoms with Gasteiger partial charge in [-0.15, -0.1) is 0 Å². The van der Waals surface area contributed by atoms with E-state index in [9.17, 15) is 14.0 Å². The number of nitrogens with zero attached hydrogens (tertiary/aromatic N) is 1. The molecule has 4 rings (SSSR count). The van der Waals surface area contributed by atoms with Gasteiger partial charge in [0.15, 0.2) is 23.3 Å². The maximum absolute atomic E-state index is 13.1. The summed E-state index contributed by atoms with van der Waals surface area (Å²) in [5.41, 5.74) is 3.05. The van der Waals surface area contributed by atoms with Crippen molar-refractivity contribution in [1.82, 2.24) is 5.32 Å². The molecule has 1 saturated heterocycles. The maximum Gasteiger partial charge on any atom is 0.264 e. The number of ether oxygens (including phenoxy) is 2. The van der Waals surface area contributed by atoms with Crippen LogP contribution in [-0.2, 0) is 9.59 Å². The summed E-state index contributed by atoms with van der Waals surface area (Å²) in [5, 5.41) is 5.93. The molecule has 0 aromatic heterocycles. The first-order valence-electron chi connectivity index (χ1n) is 11.3. The van der Waals surface area contributed by atoms with Crippen LogP contribution in [0.4, 0.5) is 15.8 Å². The van der Waals surface area contributed by atoms with Crippen molar-refractivity contribution in [3.05, 3.63) is 86.1 Å². The van der Waals surface area contributed by atoms with E-state index < -0.39 is 0 Å². The van der Waals surface area contributed by atoms with Gasteiger partial charge in [-0.1, -0.05) is 17.7 Å². The highest BCUT2D eigenvalue weighted by atomic mass is 127. The number of aliphatic imine (C=N–C) groups is 1. The van der Waals surface area contributed by atoms with Crippen molar-refractivity contribution in [1.29, 1.82) is 0 Å². The first-order chi connectivity index (χ1) is 17.8. The maximum atomic E-state index is 13.1. The van der Waals surface area contributed by atoms with Crippen LogP contribution in [0.15, 0.2) is 70.6 Å². The number of hydrogen-bond donors (Lipinski definition) is 2. The summed E-state index contributed by atoms with van der Waals surface area (Å²) in [5.74, 6) is -0.0161. The number of amidine groups is 1. The number of halogens is 2. The minimum absolute atomic E-state index is 0.189.